The zero-order valence-electron chi connectivity index (χ0n) is 12.7. The van der Waals surface area contributed by atoms with Gasteiger partial charge in [-0.25, -0.2) is 0 Å². The Morgan fingerprint density at radius 3 is 2.20 bits per heavy atom. The van der Waals surface area contributed by atoms with E-state index < -0.39 is 0 Å². The van der Waals surface area contributed by atoms with Gasteiger partial charge >= 0.3 is 0 Å². The first-order valence-electron chi connectivity index (χ1n) is 7.77. The maximum absolute atomic E-state index is 7.25. The highest BCUT2D eigenvalue weighted by Gasteiger charge is 1.97. The van der Waals surface area contributed by atoms with Crippen molar-refractivity contribution < 1.29 is 4.74 Å². The van der Waals surface area contributed by atoms with Crippen molar-refractivity contribution in [1.29, 1.82) is 5.41 Å². The highest BCUT2D eigenvalue weighted by atomic mass is 16.5. The van der Waals surface area contributed by atoms with Crippen molar-refractivity contribution in [2.45, 2.75) is 58.3 Å². The van der Waals surface area contributed by atoms with E-state index in [0.29, 0.717) is 6.42 Å². The summed E-state index contributed by atoms with van der Waals surface area (Å²) in [5.41, 5.74) is 6.43. The molecule has 3 heteroatoms. The number of hydrogen-bond acceptors (Lipinski definition) is 2. The first-order chi connectivity index (χ1) is 9.72. The number of nitrogens with one attached hydrogen (secondary N) is 1. The molecule has 0 saturated heterocycles. The van der Waals surface area contributed by atoms with Gasteiger partial charge in [-0.1, -0.05) is 57.6 Å². The molecule has 0 unspecified atom stereocenters. The van der Waals surface area contributed by atoms with Crippen LogP contribution in [0.2, 0.25) is 0 Å². The van der Waals surface area contributed by atoms with Crippen LogP contribution in [0.4, 0.5) is 0 Å². The summed E-state index contributed by atoms with van der Waals surface area (Å²) in [6.07, 6.45) is 9.61. The van der Waals surface area contributed by atoms with Crippen LogP contribution in [0.15, 0.2) is 24.3 Å². The van der Waals surface area contributed by atoms with Gasteiger partial charge in [-0.2, -0.15) is 0 Å². The van der Waals surface area contributed by atoms with Crippen molar-refractivity contribution in [2.24, 2.45) is 5.73 Å². The van der Waals surface area contributed by atoms with E-state index in [2.05, 4.69) is 6.92 Å². The number of unbranched alkanes of at least 4 members (excludes halogenated alkanes) is 6. The largest absolute Gasteiger partial charge is 0.494 e. The molecule has 0 heterocycles. The van der Waals surface area contributed by atoms with Crippen LogP contribution >= 0.6 is 0 Å². The van der Waals surface area contributed by atoms with Gasteiger partial charge in [-0.15, -0.1) is 0 Å². The summed E-state index contributed by atoms with van der Waals surface area (Å²) in [5.74, 6) is 1.10. The SMILES string of the molecule is CCCCCCCCCOc1ccc(CC(=N)N)cc1. The van der Waals surface area contributed by atoms with Crippen LogP contribution in [0, 0.1) is 5.41 Å². The Bertz CT molecular complexity index is 373. The van der Waals surface area contributed by atoms with Crippen molar-refractivity contribution in [3.8, 4) is 5.75 Å². The van der Waals surface area contributed by atoms with Crippen LogP contribution < -0.4 is 10.5 Å². The Hall–Kier alpha value is -1.51. The average Bonchev–Trinajstić information content (AvgIpc) is 2.43. The van der Waals surface area contributed by atoms with Gasteiger partial charge in [0.05, 0.1) is 12.4 Å². The summed E-state index contributed by atoms with van der Waals surface area (Å²) in [6.45, 7) is 3.04. The first kappa shape index (κ1) is 16.5. The fourth-order valence-electron chi connectivity index (χ4n) is 2.17. The number of ether oxygens (including phenoxy) is 1. The zero-order chi connectivity index (χ0) is 14.6. The standard InChI is InChI=1S/C17H28N2O/c1-2-3-4-5-6-7-8-13-20-16-11-9-15(10-12-16)14-17(18)19/h9-12H,2-8,13-14H2,1H3,(H3,18,19). The summed E-state index contributed by atoms with van der Waals surface area (Å²) in [6, 6.07) is 7.86. The summed E-state index contributed by atoms with van der Waals surface area (Å²) < 4.78 is 5.71. The monoisotopic (exact) mass is 276 g/mol. The third-order valence-electron chi connectivity index (χ3n) is 3.33. The summed E-state index contributed by atoms with van der Waals surface area (Å²) in [4.78, 5) is 0. The number of benzene rings is 1. The van der Waals surface area contributed by atoms with E-state index in [1.165, 1.54) is 38.5 Å². The normalized spacial score (nSPS) is 10.4. The molecule has 1 aromatic carbocycles. The van der Waals surface area contributed by atoms with E-state index >= 15 is 0 Å². The molecule has 0 aliphatic rings. The minimum atomic E-state index is 0.196. The van der Waals surface area contributed by atoms with Crippen molar-refractivity contribution >= 4 is 5.84 Å². The molecule has 0 saturated carbocycles. The maximum atomic E-state index is 7.25. The molecule has 0 aliphatic carbocycles. The fourth-order valence-corrected chi connectivity index (χ4v) is 2.17. The van der Waals surface area contributed by atoms with Gasteiger partial charge in [0, 0.05) is 6.42 Å². The smallest absolute Gasteiger partial charge is 0.119 e. The minimum Gasteiger partial charge on any atom is -0.494 e. The molecule has 0 fully saturated rings. The molecule has 0 spiro atoms. The second-order valence-corrected chi connectivity index (χ2v) is 5.32. The first-order valence-corrected chi connectivity index (χ1v) is 7.77. The van der Waals surface area contributed by atoms with Gasteiger partial charge in [0.25, 0.3) is 0 Å². The second-order valence-electron chi connectivity index (χ2n) is 5.32. The maximum Gasteiger partial charge on any atom is 0.119 e. The van der Waals surface area contributed by atoms with E-state index in [-0.39, 0.29) is 5.84 Å². The molecule has 0 aromatic heterocycles. The quantitative estimate of drug-likeness (QED) is 0.360. The van der Waals surface area contributed by atoms with Crippen molar-refractivity contribution in [3.05, 3.63) is 29.8 Å². The molecule has 0 radical (unpaired) electrons. The lowest BCUT2D eigenvalue weighted by atomic mass is 10.1. The second kappa shape index (κ2) is 10.3. The van der Waals surface area contributed by atoms with Crippen LogP contribution in [0.3, 0.4) is 0 Å². The fraction of sp³-hybridized carbons (Fsp3) is 0.588. The molecular weight excluding hydrogens is 248 g/mol. The zero-order valence-corrected chi connectivity index (χ0v) is 12.7. The number of hydrogen-bond donors (Lipinski definition) is 2. The Kier molecular flexibility index (Phi) is 8.52. The number of amidine groups is 1. The lowest BCUT2D eigenvalue weighted by Gasteiger charge is -2.07. The van der Waals surface area contributed by atoms with E-state index in [0.717, 1.165) is 24.3 Å². The van der Waals surface area contributed by atoms with Gasteiger partial charge in [-0.05, 0) is 24.1 Å². The van der Waals surface area contributed by atoms with Gasteiger partial charge in [-0.3, -0.25) is 5.41 Å². The average molecular weight is 276 g/mol. The molecule has 1 rings (SSSR count). The predicted molar refractivity (Wildman–Crippen MR) is 85.5 cm³/mol. The molecule has 0 bridgehead atoms. The Morgan fingerprint density at radius 2 is 1.60 bits per heavy atom. The van der Waals surface area contributed by atoms with Crippen LogP contribution in [0.1, 0.15) is 57.4 Å². The van der Waals surface area contributed by atoms with E-state index in [1.54, 1.807) is 0 Å². The Labute approximate surface area is 123 Å². The molecule has 3 nitrogen and oxygen atoms in total. The lowest BCUT2D eigenvalue weighted by molar-refractivity contribution is 0.304. The third kappa shape index (κ3) is 7.82. The third-order valence-corrected chi connectivity index (χ3v) is 3.33. The van der Waals surface area contributed by atoms with Gasteiger partial charge in [0.15, 0.2) is 0 Å². The molecule has 1 aromatic rings. The highest BCUT2D eigenvalue weighted by Crippen LogP contribution is 2.13. The predicted octanol–water partition coefficient (Wildman–Crippen LogP) is 4.29. The Morgan fingerprint density at radius 1 is 1.00 bits per heavy atom. The number of rotatable bonds is 11. The van der Waals surface area contributed by atoms with Crippen LogP contribution in [0.5, 0.6) is 5.75 Å². The van der Waals surface area contributed by atoms with Crippen molar-refractivity contribution in [3.63, 3.8) is 0 Å². The Balaban J connectivity index is 2.08. The molecular formula is C17H28N2O. The highest BCUT2D eigenvalue weighted by molar-refractivity contribution is 5.79. The molecule has 0 atom stereocenters. The van der Waals surface area contributed by atoms with E-state index in [9.17, 15) is 0 Å². The van der Waals surface area contributed by atoms with Gasteiger partial charge in [0.1, 0.15) is 5.75 Å². The van der Waals surface area contributed by atoms with Gasteiger partial charge < -0.3 is 10.5 Å². The van der Waals surface area contributed by atoms with Crippen LogP contribution in [0.25, 0.3) is 0 Å². The van der Waals surface area contributed by atoms with Gasteiger partial charge in [0.2, 0.25) is 0 Å². The van der Waals surface area contributed by atoms with Crippen LogP contribution in [-0.4, -0.2) is 12.4 Å². The van der Waals surface area contributed by atoms with Crippen molar-refractivity contribution in [1.82, 2.24) is 0 Å². The molecule has 112 valence electrons. The number of nitrogens with two attached hydrogens (primary N) is 1. The molecule has 0 amide bonds. The molecule has 20 heavy (non-hydrogen) atoms. The minimum absolute atomic E-state index is 0.196. The van der Waals surface area contributed by atoms with E-state index in [1.807, 2.05) is 24.3 Å². The topological polar surface area (TPSA) is 59.1 Å². The van der Waals surface area contributed by atoms with E-state index in [4.69, 9.17) is 15.9 Å². The molecule has 0 aliphatic heterocycles. The summed E-state index contributed by atoms with van der Waals surface area (Å²) in [5, 5.41) is 7.25. The van der Waals surface area contributed by atoms with Crippen molar-refractivity contribution in [2.75, 3.05) is 6.61 Å². The van der Waals surface area contributed by atoms with Crippen LogP contribution in [-0.2, 0) is 6.42 Å². The summed E-state index contributed by atoms with van der Waals surface area (Å²) in [7, 11) is 0. The summed E-state index contributed by atoms with van der Waals surface area (Å²) >= 11 is 0. The molecule has 3 N–H and O–H groups in total. The lowest BCUT2D eigenvalue weighted by Crippen LogP contribution is -2.12.